The molecule has 1 atom stereocenters. The van der Waals surface area contributed by atoms with Gasteiger partial charge in [0.1, 0.15) is 0 Å². The average molecular weight is 133 g/mol. The molecule has 0 bridgehead atoms. The van der Waals surface area contributed by atoms with E-state index in [9.17, 15) is 0 Å². The van der Waals surface area contributed by atoms with E-state index in [2.05, 4.69) is 19.9 Å². The first-order chi connectivity index (χ1) is 3.66. The molecule has 0 fully saturated rings. The van der Waals surface area contributed by atoms with Gasteiger partial charge in [-0.05, 0) is 12.8 Å². The molecule has 0 aromatic carbocycles. The number of halogens is 1. The maximum atomic E-state index is 5.61. The van der Waals surface area contributed by atoms with Crippen molar-refractivity contribution < 1.29 is 0 Å². The molecule has 0 aromatic rings. The van der Waals surface area contributed by atoms with Gasteiger partial charge in [-0.1, -0.05) is 37.9 Å². The summed E-state index contributed by atoms with van der Waals surface area (Å²) in [7, 11) is 0. The van der Waals surface area contributed by atoms with Gasteiger partial charge in [0, 0.05) is 5.03 Å². The highest BCUT2D eigenvalue weighted by molar-refractivity contribution is 6.29. The van der Waals surface area contributed by atoms with E-state index in [0.717, 1.165) is 5.03 Å². The standard InChI is InChI=1S/C7H13Cl/c1-4-6(2)5-7(3)8/h5-6H,4H2,1-3H3/b7-5+. The molecular weight excluding hydrogens is 120 g/mol. The van der Waals surface area contributed by atoms with Gasteiger partial charge in [0.15, 0.2) is 0 Å². The van der Waals surface area contributed by atoms with Crippen LogP contribution < -0.4 is 0 Å². The van der Waals surface area contributed by atoms with Crippen LogP contribution in [0.15, 0.2) is 11.1 Å². The molecule has 0 spiro atoms. The predicted molar refractivity (Wildman–Crippen MR) is 39.1 cm³/mol. The van der Waals surface area contributed by atoms with Crippen molar-refractivity contribution in [2.24, 2.45) is 5.92 Å². The summed E-state index contributed by atoms with van der Waals surface area (Å²) in [4.78, 5) is 0. The SMILES string of the molecule is CCC(C)/C=C(\C)Cl. The summed E-state index contributed by atoms with van der Waals surface area (Å²) < 4.78 is 0. The number of hydrogen-bond donors (Lipinski definition) is 0. The summed E-state index contributed by atoms with van der Waals surface area (Å²) in [5, 5.41) is 0.902. The van der Waals surface area contributed by atoms with Crippen LogP contribution in [0.3, 0.4) is 0 Å². The maximum absolute atomic E-state index is 5.61. The zero-order valence-corrected chi connectivity index (χ0v) is 6.50. The van der Waals surface area contributed by atoms with Crippen molar-refractivity contribution in [2.75, 3.05) is 0 Å². The van der Waals surface area contributed by atoms with Gasteiger partial charge in [0.2, 0.25) is 0 Å². The van der Waals surface area contributed by atoms with E-state index in [1.165, 1.54) is 6.42 Å². The molecule has 0 aliphatic rings. The molecule has 0 aromatic heterocycles. The fourth-order valence-corrected chi connectivity index (χ4v) is 0.725. The number of hydrogen-bond acceptors (Lipinski definition) is 0. The molecule has 0 saturated heterocycles. The van der Waals surface area contributed by atoms with Crippen LogP contribution in [0.2, 0.25) is 0 Å². The Hall–Kier alpha value is 0.0300. The Morgan fingerprint density at radius 2 is 2.25 bits per heavy atom. The van der Waals surface area contributed by atoms with Crippen molar-refractivity contribution >= 4 is 11.6 Å². The molecule has 0 N–H and O–H groups in total. The second-order valence-corrected chi connectivity index (χ2v) is 2.74. The Morgan fingerprint density at radius 1 is 1.75 bits per heavy atom. The van der Waals surface area contributed by atoms with Gasteiger partial charge in [-0.3, -0.25) is 0 Å². The fourth-order valence-electron chi connectivity index (χ4n) is 0.510. The smallest absolute Gasteiger partial charge is 0.0112 e. The maximum Gasteiger partial charge on any atom is 0.0112 e. The molecule has 0 nitrogen and oxygen atoms in total. The summed E-state index contributed by atoms with van der Waals surface area (Å²) in [5.74, 6) is 0.632. The molecule has 0 aliphatic carbocycles. The van der Waals surface area contributed by atoms with Gasteiger partial charge in [-0.15, -0.1) is 0 Å². The van der Waals surface area contributed by atoms with Crippen LogP contribution >= 0.6 is 11.6 Å². The molecule has 8 heavy (non-hydrogen) atoms. The minimum atomic E-state index is 0.632. The Bertz CT molecular complexity index is 80.4. The summed E-state index contributed by atoms with van der Waals surface area (Å²) >= 11 is 5.61. The van der Waals surface area contributed by atoms with Crippen LogP contribution in [-0.4, -0.2) is 0 Å². The Labute approximate surface area is 56.5 Å². The molecule has 0 heterocycles. The summed E-state index contributed by atoms with van der Waals surface area (Å²) in [6.07, 6.45) is 3.24. The lowest BCUT2D eigenvalue weighted by atomic mass is 10.1. The minimum Gasteiger partial charge on any atom is -0.0898 e. The highest BCUT2D eigenvalue weighted by Crippen LogP contribution is 2.08. The zero-order chi connectivity index (χ0) is 6.57. The van der Waals surface area contributed by atoms with Crippen LogP contribution in [0, 0.1) is 5.92 Å². The molecule has 0 rings (SSSR count). The van der Waals surface area contributed by atoms with Crippen molar-refractivity contribution in [1.82, 2.24) is 0 Å². The molecule has 0 radical (unpaired) electrons. The third kappa shape index (κ3) is 4.20. The summed E-state index contributed by atoms with van der Waals surface area (Å²) in [6.45, 7) is 6.22. The first-order valence-corrected chi connectivity index (χ1v) is 3.38. The number of rotatable bonds is 2. The molecule has 1 heteroatoms. The van der Waals surface area contributed by atoms with Gasteiger partial charge in [-0.2, -0.15) is 0 Å². The quantitative estimate of drug-likeness (QED) is 0.542. The zero-order valence-electron chi connectivity index (χ0n) is 5.74. The van der Waals surface area contributed by atoms with E-state index < -0.39 is 0 Å². The van der Waals surface area contributed by atoms with Gasteiger partial charge in [0.05, 0.1) is 0 Å². The molecule has 0 saturated carbocycles. The highest BCUT2D eigenvalue weighted by atomic mass is 35.5. The van der Waals surface area contributed by atoms with Crippen molar-refractivity contribution in [3.8, 4) is 0 Å². The molecule has 0 amide bonds. The first kappa shape index (κ1) is 8.03. The van der Waals surface area contributed by atoms with Gasteiger partial charge >= 0.3 is 0 Å². The van der Waals surface area contributed by atoms with Crippen LogP contribution in [0.1, 0.15) is 27.2 Å². The molecular formula is C7H13Cl. The van der Waals surface area contributed by atoms with Crippen LogP contribution in [0.4, 0.5) is 0 Å². The van der Waals surface area contributed by atoms with E-state index in [-0.39, 0.29) is 0 Å². The van der Waals surface area contributed by atoms with Gasteiger partial charge < -0.3 is 0 Å². The summed E-state index contributed by atoms with van der Waals surface area (Å²) in [6, 6.07) is 0. The van der Waals surface area contributed by atoms with Crippen molar-refractivity contribution in [1.29, 1.82) is 0 Å². The lowest BCUT2D eigenvalue weighted by Crippen LogP contribution is -1.83. The van der Waals surface area contributed by atoms with E-state index in [0.29, 0.717) is 5.92 Å². The molecule has 48 valence electrons. The van der Waals surface area contributed by atoms with Gasteiger partial charge in [-0.25, -0.2) is 0 Å². The largest absolute Gasteiger partial charge is 0.0898 e. The monoisotopic (exact) mass is 132 g/mol. The first-order valence-electron chi connectivity index (χ1n) is 3.00. The third-order valence-corrected chi connectivity index (χ3v) is 1.28. The third-order valence-electron chi connectivity index (χ3n) is 1.16. The lowest BCUT2D eigenvalue weighted by molar-refractivity contribution is 0.696. The number of allylic oxidation sites excluding steroid dienone is 2. The fraction of sp³-hybridized carbons (Fsp3) is 0.714. The minimum absolute atomic E-state index is 0.632. The second-order valence-electron chi connectivity index (χ2n) is 2.14. The predicted octanol–water partition coefficient (Wildman–Crippen LogP) is 3.18. The lowest BCUT2D eigenvalue weighted by Gasteiger charge is -1.98. The normalized spacial score (nSPS) is 16.2. The van der Waals surface area contributed by atoms with Crippen molar-refractivity contribution in [3.05, 3.63) is 11.1 Å². The molecule has 0 aliphatic heterocycles. The average Bonchev–Trinajstić information content (AvgIpc) is 1.65. The Kier molecular flexibility index (Phi) is 3.98. The van der Waals surface area contributed by atoms with Crippen LogP contribution in [-0.2, 0) is 0 Å². The van der Waals surface area contributed by atoms with E-state index >= 15 is 0 Å². The topological polar surface area (TPSA) is 0 Å². The van der Waals surface area contributed by atoms with Crippen LogP contribution in [0.5, 0.6) is 0 Å². The Morgan fingerprint density at radius 3 is 2.38 bits per heavy atom. The van der Waals surface area contributed by atoms with Crippen molar-refractivity contribution in [3.63, 3.8) is 0 Å². The van der Waals surface area contributed by atoms with Gasteiger partial charge in [0.25, 0.3) is 0 Å². The van der Waals surface area contributed by atoms with E-state index in [4.69, 9.17) is 11.6 Å². The highest BCUT2D eigenvalue weighted by Gasteiger charge is 1.90. The summed E-state index contributed by atoms with van der Waals surface area (Å²) in [5.41, 5.74) is 0. The Balaban J connectivity index is 3.51. The van der Waals surface area contributed by atoms with Crippen LogP contribution in [0.25, 0.3) is 0 Å². The van der Waals surface area contributed by atoms with Crippen molar-refractivity contribution in [2.45, 2.75) is 27.2 Å². The molecule has 1 unspecified atom stereocenters. The van der Waals surface area contributed by atoms with E-state index in [1.807, 2.05) is 6.92 Å². The van der Waals surface area contributed by atoms with E-state index in [1.54, 1.807) is 0 Å². The second kappa shape index (κ2) is 3.96.